The van der Waals surface area contributed by atoms with Crippen molar-refractivity contribution in [2.24, 2.45) is 0 Å². The molecule has 0 unspecified atom stereocenters. The molecule has 0 fully saturated rings. The lowest BCUT2D eigenvalue weighted by Crippen LogP contribution is -2.51. The van der Waals surface area contributed by atoms with Crippen molar-refractivity contribution in [1.82, 2.24) is 25.6 Å². The first-order valence-corrected chi connectivity index (χ1v) is 14.1. The minimum absolute atomic E-state index is 0.0787. The van der Waals surface area contributed by atoms with Crippen LogP contribution in [0.25, 0.3) is 22.5 Å². The van der Waals surface area contributed by atoms with Crippen LogP contribution < -0.4 is 10.6 Å². The molecule has 11 nitrogen and oxygen atoms in total. The molecule has 4 aromatic rings. The van der Waals surface area contributed by atoms with Crippen molar-refractivity contribution in [3.05, 3.63) is 96.6 Å². The van der Waals surface area contributed by atoms with Crippen molar-refractivity contribution in [2.75, 3.05) is 6.54 Å². The Morgan fingerprint density at radius 3 is 1.98 bits per heavy atom. The van der Waals surface area contributed by atoms with Gasteiger partial charge in [0.05, 0.1) is 12.1 Å². The molecule has 0 saturated heterocycles. The molecular formula is C33H35N5O6. The molecule has 1 heterocycles. The summed E-state index contributed by atoms with van der Waals surface area (Å²) in [7, 11) is 0. The quantitative estimate of drug-likeness (QED) is 0.209. The third-order valence-corrected chi connectivity index (χ3v) is 6.50. The molecule has 2 atom stereocenters. The van der Waals surface area contributed by atoms with Gasteiger partial charge in [-0.25, -0.2) is 4.68 Å². The van der Waals surface area contributed by atoms with E-state index in [-0.39, 0.29) is 6.42 Å². The van der Waals surface area contributed by atoms with Crippen LogP contribution in [0.4, 0.5) is 0 Å². The van der Waals surface area contributed by atoms with Gasteiger partial charge in [0.25, 0.3) is 0 Å². The van der Waals surface area contributed by atoms with E-state index in [1.807, 2.05) is 66.7 Å². The van der Waals surface area contributed by atoms with E-state index in [9.17, 15) is 19.2 Å². The maximum atomic E-state index is 14.1. The van der Waals surface area contributed by atoms with Crippen molar-refractivity contribution < 1.29 is 29.0 Å². The van der Waals surface area contributed by atoms with Gasteiger partial charge in [-0.3, -0.25) is 19.2 Å². The second kappa shape index (κ2) is 14.2. The molecule has 3 aromatic carbocycles. The summed E-state index contributed by atoms with van der Waals surface area (Å²) in [5, 5.41) is 23.0. The molecule has 0 aliphatic rings. The van der Waals surface area contributed by atoms with E-state index in [0.717, 1.165) is 11.1 Å². The van der Waals surface area contributed by atoms with Crippen LogP contribution in [0.3, 0.4) is 0 Å². The molecule has 44 heavy (non-hydrogen) atoms. The number of carbonyl (C=O) groups is 4. The average molecular weight is 598 g/mol. The molecule has 0 aliphatic heterocycles. The third-order valence-electron chi connectivity index (χ3n) is 6.50. The molecule has 0 bridgehead atoms. The molecule has 2 amide bonds. The van der Waals surface area contributed by atoms with Crippen LogP contribution in [0.2, 0.25) is 0 Å². The molecular weight excluding hydrogens is 562 g/mol. The third kappa shape index (κ3) is 8.60. The largest absolute Gasteiger partial charge is 0.480 e. The second-order valence-corrected chi connectivity index (χ2v) is 11.1. The fourth-order valence-corrected chi connectivity index (χ4v) is 4.61. The Hall–Kier alpha value is -5.32. The van der Waals surface area contributed by atoms with Crippen molar-refractivity contribution in [2.45, 2.75) is 51.3 Å². The van der Waals surface area contributed by atoms with Crippen LogP contribution in [0.5, 0.6) is 0 Å². The molecule has 1 aromatic heterocycles. The number of aromatic nitrogens is 3. The van der Waals surface area contributed by atoms with E-state index in [4.69, 9.17) is 9.84 Å². The molecule has 11 heteroatoms. The van der Waals surface area contributed by atoms with Gasteiger partial charge < -0.3 is 20.5 Å². The van der Waals surface area contributed by atoms with Crippen molar-refractivity contribution in [1.29, 1.82) is 0 Å². The molecule has 228 valence electrons. The normalized spacial score (nSPS) is 12.5. The number of benzene rings is 3. The topological polar surface area (TPSA) is 153 Å². The van der Waals surface area contributed by atoms with E-state index in [2.05, 4.69) is 20.9 Å². The number of aliphatic carboxylic acids is 1. The summed E-state index contributed by atoms with van der Waals surface area (Å²) >= 11 is 0. The molecule has 3 N–H and O–H groups in total. The van der Waals surface area contributed by atoms with Crippen molar-refractivity contribution >= 4 is 23.8 Å². The maximum Gasteiger partial charge on any atom is 0.322 e. The zero-order valence-electron chi connectivity index (χ0n) is 24.8. The SMILES string of the molecule is CC(C)(C)OC(=O)C[C@@H](C(=O)N[C@@H](Cc1ccccc1)C(=O)NCC(=O)O)n1nnc(-c2ccccc2)c1-c1ccccc1. The summed E-state index contributed by atoms with van der Waals surface area (Å²) in [5.41, 5.74) is 2.38. The average Bonchev–Trinajstić information content (AvgIpc) is 3.43. The molecule has 0 spiro atoms. The number of nitrogens with zero attached hydrogens (tertiary/aromatic N) is 3. The highest BCUT2D eigenvalue weighted by atomic mass is 16.6. The van der Waals surface area contributed by atoms with Gasteiger partial charge in [0, 0.05) is 17.5 Å². The summed E-state index contributed by atoms with van der Waals surface area (Å²) in [5.74, 6) is -3.26. The number of esters is 1. The first-order chi connectivity index (χ1) is 21.0. The van der Waals surface area contributed by atoms with Gasteiger partial charge in [-0.1, -0.05) is 96.2 Å². The minimum Gasteiger partial charge on any atom is -0.480 e. The summed E-state index contributed by atoms with van der Waals surface area (Å²) in [6.07, 6.45) is -0.329. The number of amides is 2. The number of carboxylic acid groups (broad SMARTS) is 1. The Bertz CT molecular complexity index is 1580. The fourth-order valence-electron chi connectivity index (χ4n) is 4.61. The minimum atomic E-state index is -1.27. The van der Waals surface area contributed by atoms with Crippen LogP contribution in [0, 0.1) is 0 Å². The summed E-state index contributed by atoms with van der Waals surface area (Å²) in [4.78, 5) is 51.5. The molecule has 4 rings (SSSR count). The fraction of sp³-hybridized carbons (Fsp3) is 0.273. The predicted octanol–water partition coefficient (Wildman–Crippen LogP) is 3.81. The first kappa shape index (κ1) is 31.6. The number of nitrogens with one attached hydrogen (secondary N) is 2. The van der Waals surface area contributed by atoms with Gasteiger partial charge in [0.1, 0.15) is 29.9 Å². The van der Waals surface area contributed by atoms with Crippen LogP contribution >= 0.6 is 0 Å². The van der Waals surface area contributed by atoms with E-state index in [0.29, 0.717) is 17.0 Å². The van der Waals surface area contributed by atoms with Gasteiger partial charge in [-0.2, -0.15) is 0 Å². The van der Waals surface area contributed by atoms with Gasteiger partial charge in [0.2, 0.25) is 11.8 Å². The van der Waals surface area contributed by atoms with Crippen LogP contribution in [-0.4, -0.2) is 62.0 Å². The molecule has 0 aliphatic carbocycles. The number of ether oxygens (including phenoxy) is 1. The van der Waals surface area contributed by atoms with E-state index in [1.54, 1.807) is 45.0 Å². The lowest BCUT2D eigenvalue weighted by Gasteiger charge is -2.25. The van der Waals surface area contributed by atoms with Crippen LogP contribution in [0.15, 0.2) is 91.0 Å². The Labute approximate surface area is 255 Å². The monoisotopic (exact) mass is 597 g/mol. The highest BCUT2D eigenvalue weighted by Crippen LogP contribution is 2.33. The van der Waals surface area contributed by atoms with Gasteiger partial charge in [-0.15, -0.1) is 5.10 Å². The Morgan fingerprint density at radius 1 is 0.841 bits per heavy atom. The summed E-state index contributed by atoms with van der Waals surface area (Å²) < 4.78 is 6.95. The molecule has 0 saturated carbocycles. The Morgan fingerprint density at radius 2 is 1.41 bits per heavy atom. The standard InChI is InChI=1S/C33H35N5O6/c1-33(2,3)44-28(41)20-26(32(43)35-25(31(42)34-21-27(39)40)19-22-13-7-4-8-14-22)38-30(24-17-11-6-12-18-24)29(36-37-38)23-15-9-5-10-16-23/h4-18,25-26H,19-21H2,1-3H3,(H,34,42)(H,35,43)(H,39,40)/t25-,26-/m0/s1. The number of hydrogen-bond acceptors (Lipinski definition) is 7. The van der Waals surface area contributed by atoms with Gasteiger partial charge >= 0.3 is 11.9 Å². The summed E-state index contributed by atoms with van der Waals surface area (Å²) in [6.45, 7) is 4.55. The van der Waals surface area contributed by atoms with Crippen LogP contribution in [-0.2, 0) is 30.3 Å². The highest BCUT2D eigenvalue weighted by molar-refractivity contribution is 5.93. The van der Waals surface area contributed by atoms with Gasteiger partial charge in [-0.05, 0) is 26.3 Å². The maximum absolute atomic E-state index is 14.1. The number of carboxylic acids is 1. The van der Waals surface area contributed by atoms with Gasteiger partial charge in [0.15, 0.2) is 0 Å². The van der Waals surface area contributed by atoms with Crippen molar-refractivity contribution in [3.63, 3.8) is 0 Å². The van der Waals surface area contributed by atoms with Crippen LogP contribution in [0.1, 0.15) is 38.8 Å². The first-order valence-electron chi connectivity index (χ1n) is 14.1. The number of carbonyl (C=O) groups excluding carboxylic acids is 3. The zero-order chi connectivity index (χ0) is 31.7. The predicted molar refractivity (Wildman–Crippen MR) is 163 cm³/mol. The van der Waals surface area contributed by atoms with E-state index >= 15 is 0 Å². The highest BCUT2D eigenvalue weighted by Gasteiger charge is 2.34. The summed E-state index contributed by atoms with van der Waals surface area (Å²) in [6, 6.07) is 25.1. The smallest absolute Gasteiger partial charge is 0.322 e. The van der Waals surface area contributed by atoms with Crippen molar-refractivity contribution in [3.8, 4) is 22.5 Å². The molecule has 0 radical (unpaired) electrons. The lowest BCUT2D eigenvalue weighted by atomic mass is 10.0. The lowest BCUT2D eigenvalue weighted by molar-refractivity contribution is -0.157. The second-order valence-electron chi connectivity index (χ2n) is 11.1. The Balaban J connectivity index is 1.77. The zero-order valence-corrected chi connectivity index (χ0v) is 24.8. The number of hydrogen-bond donors (Lipinski definition) is 3. The van der Waals surface area contributed by atoms with E-state index in [1.165, 1.54) is 4.68 Å². The Kier molecular flexibility index (Phi) is 10.2. The van der Waals surface area contributed by atoms with E-state index < -0.39 is 54.4 Å². The number of rotatable bonds is 12.